The third-order valence-corrected chi connectivity index (χ3v) is 3.76. The fraction of sp³-hybridized carbons (Fsp3) is 0.333. The van der Waals surface area contributed by atoms with Gasteiger partial charge in [0.2, 0.25) is 0 Å². The van der Waals surface area contributed by atoms with Gasteiger partial charge < -0.3 is 6.42 Å². The molecule has 2 rings (SSSR count). The van der Waals surface area contributed by atoms with Crippen molar-refractivity contribution in [3.05, 3.63) is 39.2 Å². The summed E-state index contributed by atoms with van der Waals surface area (Å²) in [6, 6.07) is 3.08. The maximum absolute atomic E-state index is 11.0. The van der Waals surface area contributed by atoms with Crippen molar-refractivity contribution in [3.8, 4) is 0 Å². The Bertz CT molecular complexity index is 401. The van der Waals surface area contributed by atoms with Gasteiger partial charge in [-0.25, -0.2) is 0 Å². The molecule has 1 nitrogen and oxygen atoms in total. The Labute approximate surface area is 137 Å². The topological polar surface area (TPSA) is 17.1 Å². The Balaban J connectivity index is 0.000000405. The zero-order chi connectivity index (χ0) is 12.8. The summed E-state index contributed by atoms with van der Waals surface area (Å²) in [5.74, 6) is 0. The summed E-state index contributed by atoms with van der Waals surface area (Å²) in [6.07, 6.45) is 8.00. The molecule has 94 valence electrons. The number of carbonyl (C=O) groups excluding carboxylic acids is 1. The first-order valence-corrected chi connectivity index (χ1v) is 7.00. The van der Waals surface area contributed by atoms with E-state index in [0.717, 1.165) is 0 Å². The number of halogens is 3. The van der Waals surface area contributed by atoms with Crippen molar-refractivity contribution in [2.45, 2.75) is 25.7 Å². The number of hydrogen-bond donors (Lipinski definition) is 0. The molecule has 18 heavy (non-hydrogen) atoms. The van der Waals surface area contributed by atoms with Crippen LogP contribution in [-0.2, 0) is 0 Å². The number of hydrogen-bond acceptors (Lipinski definition) is 1. The molecule has 1 aromatic carbocycles. The van der Waals surface area contributed by atoms with Crippen LogP contribution < -0.4 is 18.9 Å². The molecule has 1 atom stereocenters. The monoisotopic (exact) mass is 316 g/mol. The van der Waals surface area contributed by atoms with Crippen LogP contribution in [0.5, 0.6) is 0 Å². The minimum atomic E-state index is -0.271. The van der Waals surface area contributed by atoms with Gasteiger partial charge in [0.15, 0.2) is 5.52 Å². The Morgan fingerprint density at radius 2 is 1.61 bits per heavy atom. The Kier molecular flexibility index (Phi) is 10.1. The summed E-state index contributed by atoms with van der Waals surface area (Å²) in [4.78, 5) is 11.0. The molecular formula is C12H13Cl3LiOP. The van der Waals surface area contributed by atoms with Crippen molar-refractivity contribution in [3.63, 3.8) is 0 Å². The van der Waals surface area contributed by atoms with Crippen LogP contribution in [-0.4, -0.2) is 5.52 Å². The SMILES string of the molecule is O=C(P)c1c(Cl)ccc(Cl)c1Cl.[CH-]1CCCC1.[Li+]. The van der Waals surface area contributed by atoms with Crippen molar-refractivity contribution in [2.24, 2.45) is 0 Å². The van der Waals surface area contributed by atoms with Crippen LogP contribution in [0.1, 0.15) is 36.0 Å². The van der Waals surface area contributed by atoms with Crippen molar-refractivity contribution >= 4 is 49.6 Å². The largest absolute Gasteiger partial charge is 1.00 e. The first-order chi connectivity index (χ1) is 8.04. The van der Waals surface area contributed by atoms with Gasteiger partial charge in [-0.3, -0.25) is 4.79 Å². The maximum Gasteiger partial charge on any atom is 1.00 e. The fourth-order valence-corrected chi connectivity index (χ4v) is 2.67. The summed E-state index contributed by atoms with van der Waals surface area (Å²) in [5.41, 5.74) is -0.0247. The van der Waals surface area contributed by atoms with Gasteiger partial charge in [-0.15, -0.1) is 0 Å². The molecule has 6 heteroatoms. The van der Waals surface area contributed by atoms with E-state index in [-0.39, 0.29) is 35.0 Å². The molecule has 0 radical (unpaired) electrons. The molecule has 0 saturated heterocycles. The van der Waals surface area contributed by atoms with Gasteiger partial charge in [0.05, 0.1) is 20.6 Å². The van der Waals surface area contributed by atoms with Gasteiger partial charge in [-0.1, -0.05) is 56.9 Å². The number of rotatable bonds is 1. The average Bonchev–Trinajstić information content (AvgIpc) is 2.82. The first kappa shape index (κ1) is 18.8. The van der Waals surface area contributed by atoms with Crippen LogP contribution in [0.3, 0.4) is 0 Å². The number of carbonyl (C=O) groups is 1. The first-order valence-electron chi connectivity index (χ1n) is 5.29. The normalized spacial score (nSPS) is 13.3. The van der Waals surface area contributed by atoms with E-state index >= 15 is 0 Å². The zero-order valence-corrected chi connectivity index (χ0v) is 13.6. The van der Waals surface area contributed by atoms with E-state index in [1.807, 2.05) is 9.24 Å². The second-order valence-corrected chi connectivity index (χ2v) is 5.37. The molecule has 1 unspecified atom stereocenters. The molecule has 0 aromatic heterocycles. The molecule has 0 aliphatic heterocycles. The second kappa shape index (κ2) is 9.65. The molecule has 1 aromatic rings. The van der Waals surface area contributed by atoms with Crippen LogP contribution in [0.15, 0.2) is 12.1 Å². The van der Waals surface area contributed by atoms with E-state index in [1.54, 1.807) is 6.07 Å². The van der Waals surface area contributed by atoms with Crippen molar-refractivity contribution in [1.82, 2.24) is 0 Å². The standard InChI is InChI=1S/C7H4Cl3OP.C5H9.Li/c8-3-1-2-4(9)6(10)5(3)7(11)12;1-2-4-5-3-1;/h1-2H,12H2;1H,2-5H2;/q;-1;+1. The van der Waals surface area contributed by atoms with Gasteiger partial charge >= 0.3 is 18.9 Å². The van der Waals surface area contributed by atoms with Gasteiger partial charge in [0.25, 0.3) is 0 Å². The molecule has 0 spiro atoms. The molecule has 1 saturated carbocycles. The molecule has 1 aliphatic carbocycles. The molecule has 1 fully saturated rings. The van der Waals surface area contributed by atoms with Crippen LogP contribution >= 0.6 is 44.0 Å². The summed E-state index contributed by atoms with van der Waals surface area (Å²) in [7, 11) is 2.00. The third-order valence-electron chi connectivity index (χ3n) is 2.36. The predicted molar refractivity (Wildman–Crippen MR) is 78.3 cm³/mol. The van der Waals surface area contributed by atoms with Crippen molar-refractivity contribution < 1.29 is 23.7 Å². The zero-order valence-electron chi connectivity index (χ0n) is 10.2. The summed E-state index contributed by atoms with van der Waals surface area (Å²) < 4.78 is 0. The molecule has 0 N–H and O–H groups in total. The molecule has 1 aliphatic rings. The van der Waals surface area contributed by atoms with Crippen LogP contribution in [0.25, 0.3) is 0 Å². The predicted octanol–water partition coefficient (Wildman–Crippen LogP) is 2.43. The fourth-order valence-electron chi connectivity index (χ4n) is 1.47. The molecule has 0 amide bonds. The van der Waals surface area contributed by atoms with E-state index in [9.17, 15) is 4.79 Å². The van der Waals surface area contributed by atoms with E-state index in [0.29, 0.717) is 10.0 Å². The van der Waals surface area contributed by atoms with Gasteiger partial charge in [0, 0.05) is 0 Å². The van der Waals surface area contributed by atoms with E-state index in [1.165, 1.54) is 31.7 Å². The minimum Gasteiger partial charge on any atom is -0.328 e. The Morgan fingerprint density at radius 3 is 1.94 bits per heavy atom. The molecule has 0 bridgehead atoms. The van der Waals surface area contributed by atoms with Crippen LogP contribution in [0.2, 0.25) is 15.1 Å². The summed E-state index contributed by atoms with van der Waals surface area (Å²) in [5, 5.41) is 0.834. The third kappa shape index (κ3) is 5.83. The second-order valence-electron chi connectivity index (χ2n) is 3.66. The quantitative estimate of drug-likeness (QED) is 0.336. The van der Waals surface area contributed by atoms with E-state index in [4.69, 9.17) is 34.8 Å². The minimum absolute atomic E-state index is 0. The van der Waals surface area contributed by atoms with Gasteiger partial charge in [-0.2, -0.15) is 12.8 Å². The van der Waals surface area contributed by atoms with Gasteiger partial charge in [-0.05, 0) is 12.1 Å². The maximum atomic E-state index is 11.0. The Morgan fingerprint density at radius 1 is 1.11 bits per heavy atom. The van der Waals surface area contributed by atoms with Crippen LogP contribution in [0.4, 0.5) is 0 Å². The number of benzene rings is 1. The Hall–Kier alpha value is 0.787. The van der Waals surface area contributed by atoms with E-state index < -0.39 is 0 Å². The van der Waals surface area contributed by atoms with Crippen molar-refractivity contribution in [1.29, 1.82) is 0 Å². The average molecular weight is 318 g/mol. The summed E-state index contributed by atoms with van der Waals surface area (Å²) in [6.45, 7) is 0. The summed E-state index contributed by atoms with van der Waals surface area (Å²) >= 11 is 17.1. The van der Waals surface area contributed by atoms with Crippen LogP contribution in [0, 0.1) is 6.42 Å². The molecule has 0 heterocycles. The van der Waals surface area contributed by atoms with E-state index in [2.05, 4.69) is 6.42 Å². The smallest absolute Gasteiger partial charge is 0.328 e. The van der Waals surface area contributed by atoms with Crippen molar-refractivity contribution in [2.75, 3.05) is 0 Å². The van der Waals surface area contributed by atoms with Gasteiger partial charge in [0.1, 0.15) is 0 Å². The molecular weight excluding hydrogens is 304 g/mol.